The van der Waals surface area contributed by atoms with Gasteiger partial charge < -0.3 is 20.4 Å². The van der Waals surface area contributed by atoms with Gasteiger partial charge in [0.2, 0.25) is 0 Å². The molecule has 0 unspecified atom stereocenters. The third-order valence-corrected chi connectivity index (χ3v) is 0.368. The van der Waals surface area contributed by atoms with E-state index in [1.54, 1.807) is 0 Å². The van der Waals surface area contributed by atoms with E-state index in [1.807, 2.05) is 0 Å². The van der Waals surface area contributed by atoms with Crippen molar-refractivity contribution in [1.29, 1.82) is 0 Å². The van der Waals surface area contributed by atoms with Gasteiger partial charge >= 0.3 is 18.1 Å². The fourth-order valence-electron chi connectivity index (χ4n) is 0.143. The maximum absolute atomic E-state index is 9.55. The second-order valence-electron chi connectivity index (χ2n) is 1.29. The van der Waals surface area contributed by atoms with E-state index >= 15 is 0 Å². The molecule has 0 saturated heterocycles. The summed E-state index contributed by atoms with van der Waals surface area (Å²) in [5.41, 5.74) is 0. The van der Waals surface area contributed by atoms with E-state index in [2.05, 4.69) is 0 Å². The zero-order valence-electron chi connectivity index (χ0n) is 5.67. The summed E-state index contributed by atoms with van der Waals surface area (Å²) in [5.74, 6) is -2.51. The highest BCUT2D eigenvalue weighted by atomic mass is 16.6. The van der Waals surface area contributed by atoms with Crippen molar-refractivity contribution >= 4 is 18.1 Å². The Kier molecular flexibility index (Phi) is 7.42. The van der Waals surface area contributed by atoms with Crippen LogP contribution in [0.5, 0.6) is 0 Å². The molecule has 7 heteroatoms. The largest absolute Gasteiger partial charge is 0.503 e. The van der Waals surface area contributed by atoms with Gasteiger partial charge in [0.15, 0.2) is 0 Å². The number of carboxylic acid groups (broad SMARTS) is 4. The molecule has 68 valence electrons. The molecule has 0 saturated carbocycles. The second-order valence-corrected chi connectivity index (χ2v) is 1.29. The Morgan fingerprint density at radius 1 is 0.750 bits per heavy atom. The minimum Gasteiger partial charge on any atom is -0.478 e. The van der Waals surface area contributed by atoms with Crippen LogP contribution in [0, 0.1) is 0 Å². The number of carbonyl (C=O) groups is 3. The van der Waals surface area contributed by atoms with E-state index in [-0.39, 0.29) is 0 Å². The molecule has 0 heterocycles. The minimum absolute atomic E-state index is 0.558. The Balaban J connectivity index is 0. The molecule has 0 spiro atoms. The molecule has 12 heavy (non-hydrogen) atoms. The first-order chi connectivity index (χ1) is 5.36. The van der Waals surface area contributed by atoms with Crippen molar-refractivity contribution in [2.75, 3.05) is 0 Å². The van der Waals surface area contributed by atoms with Gasteiger partial charge in [0.05, 0.1) is 0 Å². The molecule has 0 fully saturated rings. The Morgan fingerprint density at radius 2 is 0.917 bits per heavy atom. The highest BCUT2D eigenvalue weighted by Gasteiger charge is 1.88. The summed E-state index contributed by atoms with van der Waals surface area (Å²) in [6, 6.07) is 0. The predicted octanol–water partition coefficient (Wildman–Crippen LogP) is -0.0658. The van der Waals surface area contributed by atoms with Crippen LogP contribution in [0.2, 0.25) is 0 Å². The van der Waals surface area contributed by atoms with Crippen LogP contribution >= 0.6 is 0 Å². The molecule has 4 N–H and O–H groups in total. The van der Waals surface area contributed by atoms with Crippen molar-refractivity contribution in [1.82, 2.24) is 0 Å². The number of hydrogen-bond acceptors (Lipinski definition) is 3. The zero-order chi connectivity index (χ0) is 10.1. The molecular formula is C5H6O7. The van der Waals surface area contributed by atoms with Crippen LogP contribution in [0.4, 0.5) is 4.79 Å². The molecule has 0 amide bonds. The Hall–Kier alpha value is -2.05. The quantitative estimate of drug-likeness (QED) is 0.435. The van der Waals surface area contributed by atoms with Crippen LogP contribution in [0.3, 0.4) is 0 Å². The number of hydrogen-bond donors (Lipinski definition) is 4. The lowest BCUT2D eigenvalue weighted by molar-refractivity contribution is -0.134. The van der Waals surface area contributed by atoms with Crippen molar-refractivity contribution in [2.45, 2.75) is 0 Å². The van der Waals surface area contributed by atoms with Gasteiger partial charge in [-0.05, 0) is 0 Å². The lowest BCUT2D eigenvalue weighted by Gasteiger charge is -1.74. The first-order valence-corrected chi connectivity index (χ1v) is 2.42. The van der Waals surface area contributed by atoms with Crippen molar-refractivity contribution < 1.29 is 34.8 Å². The molecule has 0 aromatic heterocycles. The summed E-state index contributed by atoms with van der Waals surface area (Å²) in [6.07, 6.45) is -0.718. The van der Waals surface area contributed by atoms with Crippen molar-refractivity contribution in [2.24, 2.45) is 0 Å². The normalized spacial score (nSPS) is 8.33. The fraction of sp³-hybridized carbons (Fsp3) is 0. The SMILES string of the molecule is O=C(O)/C=C/C(=O)O.O=C(O)O. The smallest absolute Gasteiger partial charge is 0.478 e. The van der Waals surface area contributed by atoms with Crippen molar-refractivity contribution in [3.63, 3.8) is 0 Å². The van der Waals surface area contributed by atoms with Crippen LogP contribution in [0.1, 0.15) is 0 Å². The Morgan fingerprint density at radius 3 is 1.00 bits per heavy atom. The number of rotatable bonds is 2. The molecule has 0 radical (unpaired) electrons. The van der Waals surface area contributed by atoms with Crippen LogP contribution in [0.25, 0.3) is 0 Å². The summed E-state index contributed by atoms with van der Waals surface area (Å²) < 4.78 is 0. The van der Waals surface area contributed by atoms with Gasteiger partial charge in [-0.25, -0.2) is 14.4 Å². The average Bonchev–Trinajstić information content (AvgIpc) is 1.82. The fourth-order valence-corrected chi connectivity index (χ4v) is 0.143. The summed E-state index contributed by atoms with van der Waals surface area (Å²) >= 11 is 0. The molecule has 0 rings (SSSR count). The lowest BCUT2D eigenvalue weighted by atomic mass is 10.5. The zero-order valence-corrected chi connectivity index (χ0v) is 5.67. The van der Waals surface area contributed by atoms with E-state index in [0.29, 0.717) is 12.2 Å². The van der Waals surface area contributed by atoms with E-state index < -0.39 is 18.1 Å². The highest BCUT2D eigenvalue weighted by Crippen LogP contribution is 1.70. The second kappa shape index (κ2) is 7.06. The standard InChI is InChI=1S/C4H4O4.CH2O3/c5-3(6)1-2-4(7)8;2-1(3)4/h1-2H,(H,5,6)(H,7,8);(H2,2,3,4)/b2-1+;. The molecule has 0 aliphatic heterocycles. The van der Waals surface area contributed by atoms with Gasteiger partial charge in [-0.3, -0.25) is 0 Å². The van der Waals surface area contributed by atoms with Crippen LogP contribution in [-0.2, 0) is 9.59 Å². The van der Waals surface area contributed by atoms with E-state index in [0.717, 1.165) is 0 Å². The molecule has 0 bridgehead atoms. The monoisotopic (exact) mass is 178 g/mol. The van der Waals surface area contributed by atoms with E-state index in [9.17, 15) is 9.59 Å². The molecule has 0 atom stereocenters. The van der Waals surface area contributed by atoms with E-state index in [4.69, 9.17) is 25.2 Å². The lowest BCUT2D eigenvalue weighted by Crippen LogP contribution is -1.91. The van der Waals surface area contributed by atoms with Crippen molar-refractivity contribution in [3.05, 3.63) is 12.2 Å². The van der Waals surface area contributed by atoms with Gasteiger partial charge in [0, 0.05) is 12.2 Å². The molecule has 0 aliphatic rings. The number of carboxylic acids is 2. The topological polar surface area (TPSA) is 132 Å². The first kappa shape index (κ1) is 12.6. The van der Waals surface area contributed by atoms with E-state index in [1.165, 1.54) is 0 Å². The van der Waals surface area contributed by atoms with Crippen LogP contribution in [-0.4, -0.2) is 38.5 Å². The summed E-state index contributed by atoms with van der Waals surface area (Å²) in [7, 11) is 0. The predicted molar refractivity (Wildman–Crippen MR) is 35.1 cm³/mol. The maximum atomic E-state index is 9.55. The van der Waals surface area contributed by atoms with Gasteiger partial charge in [-0.1, -0.05) is 0 Å². The van der Waals surface area contributed by atoms with Gasteiger partial charge in [0.1, 0.15) is 0 Å². The van der Waals surface area contributed by atoms with Gasteiger partial charge in [-0.2, -0.15) is 0 Å². The molecule has 0 aromatic rings. The summed E-state index contributed by atoms with van der Waals surface area (Å²) in [6.45, 7) is 0. The Bertz CT molecular complexity index is 184. The summed E-state index contributed by atoms with van der Waals surface area (Å²) in [5, 5.41) is 29.6. The van der Waals surface area contributed by atoms with Gasteiger partial charge in [0.25, 0.3) is 0 Å². The molecule has 0 aliphatic carbocycles. The molecule has 7 nitrogen and oxygen atoms in total. The van der Waals surface area contributed by atoms with Crippen molar-refractivity contribution in [3.8, 4) is 0 Å². The summed E-state index contributed by atoms with van der Waals surface area (Å²) in [4.78, 5) is 27.7. The maximum Gasteiger partial charge on any atom is 0.503 e. The molecule has 0 aromatic carbocycles. The third kappa shape index (κ3) is 44.1. The van der Waals surface area contributed by atoms with Gasteiger partial charge in [-0.15, -0.1) is 0 Å². The minimum atomic E-state index is -1.83. The molecular weight excluding hydrogens is 172 g/mol. The highest BCUT2D eigenvalue weighted by molar-refractivity contribution is 5.89. The first-order valence-electron chi connectivity index (χ1n) is 2.42. The third-order valence-electron chi connectivity index (χ3n) is 0.368. The number of aliphatic carboxylic acids is 2. The average molecular weight is 178 g/mol. The Labute approximate surface area is 66.2 Å². The van der Waals surface area contributed by atoms with Crippen LogP contribution in [0.15, 0.2) is 12.2 Å². The van der Waals surface area contributed by atoms with Crippen LogP contribution < -0.4 is 0 Å².